The molecular weight excluding hydrogens is 507 g/mol. The van der Waals surface area contributed by atoms with E-state index in [9.17, 15) is 18.0 Å². The van der Waals surface area contributed by atoms with Gasteiger partial charge in [0.1, 0.15) is 18.1 Å². The van der Waals surface area contributed by atoms with E-state index in [1.54, 1.807) is 29.5 Å². The molecular formula is C23H15BrF3NO3S. The number of hydrogen-bond donors (Lipinski definition) is 0. The van der Waals surface area contributed by atoms with E-state index >= 15 is 0 Å². The molecule has 4 aromatic rings. The van der Waals surface area contributed by atoms with E-state index in [-0.39, 0.29) is 16.5 Å². The van der Waals surface area contributed by atoms with Crippen molar-refractivity contribution < 1.29 is 22.3 Å². The largest absolute Gasteiger partial charge is 0.478 e. The molecule has 1 aliphatic rings. The van der Waals surface area contributed by atoms with Crippen LogP contribution in [0, 0.1) is 0 Å². The Bertz CT molecular complexity index is 1350. The number of hydrogen-bond acceptors (Lipinski definition) is 5. The van der Waals surface area contributed by atoms with Crippen LogP contribution in [-0.2, 0) is 19.3 Å². The first-order chi connectivity index (χ1) is 15.3. The number of ether oxygens (including phenoxy) is 1. The predicted molar refractivity (Wildman–Crippen MR) is 120 cm³/mol. The third kappa shape index (κ3) is 3.85. The maximum Gasteiger partial charge on any atom is 0.450 e. The summed E-state index contributed by atoms with van der Waals surface area (Å²) in [6.45, 7) is 1.19. The average molecular weight is 522 g/mol. The minimum Gasteiger partial charge on any atom is -0.478 e. The fourth-order valence-electron chi connectivity index (χ4n) is 3.81. The van der Waals surface area contributed by atoms with Crippen molar-refractivity contribution in [2.45, 2.75) is 19.3 Å². The molecule has 2 aromatic carbocycles. The van der Waals surface area contributed by atoms with Gasteiger partial charge in [0.15, 0.2) is 0 Å². The van der Waals surface area contributed by atoms with Crippen molar-refractivity contribution in [3.8, 4) is 16.9 Å². The van der Waals surface area contributed by atoms with Crippen molar-refractivity contribution in [1.82, 2.24) is 4.90 Å². The van der Waals surface area contributed by atoms with Gasteiger partial charge in [-0.05, 0) is 41.3 Å². The van der Waals surface area contributed by atoms with Crippen molar-refractivity contribution in [3.05, 3.63) is 84.8 Å². The molecule has 0 atom stereocenters. The molecule has 1 aliphatic heterocycles. The minimum absolute atomic E-state index is 0.0865. The summed E-state index contributed by atoms with van der Waals surface area (Å²) in [5.41, 5.74) is -0.722. The zero-order chi connectivity index (χ0) is 22.5. The summed E-state index contributed by atoms with van der Waals surface area (Å²) in [4.78, 5) is 16.3. The Labute approximate surface area is 193 Å². The van der Waals surface area contributed by atoms with Gasteiger partial charge in [-0.2, -0.15) is 13.2 Å². The number of alkyl halides is 3. The number of thiophene rings is 1. The number of halogens is 4. The predicted octanol–water partition coefficient (Wildman–Crippen LogP) is 6.65. The molecule has 5 rings (SSSR count). The van der Waals surface area contributed by atoms with Crippen molar-refractivity contribution in [1.29, 1.82) is 0 Å². The van der Waals surface area contributed by atoms with E-state index in [2.05, 4.69) is 15.9 Å². The molecule has 0 N–H and O–H groups in total. The highest BCUT2D eigenvalue weighted by atomic mass is 79.9. The van der Waals surface area contributed by atoms with E-state index in [0.717, 1.165) is 4.88 Å². The Morgan fingerprint density at radius 3 is 2.56 bits per heavy atom. The topological polar surface area (TPSA) is 42.7 Å². The molecule has 0 bridgehead atoms. The van der Waals surface area contributed by atoms with E-state index in [1.165, 1.54) is 18.2 Å². The summed E-state index contributed by atoms with van der Waals surface area (Å²) in [6, 6.07) is 13.1. The zero-order valence-electron chi connectivity index (χ0n) is 16.4. The number of nitrogens with zero attached hydrogens (tertiary/aromatic N) is 1. The second-order valence-electron chi connectivity index (χ2n) is 7.40. The SMILES string of the molecule is O=c1c(-c2ccc(Br)cc2)c(C(F)(F)F)oc2c3c(ccc12)OCN(Cc1cccs1)C3. The van der Waals surface area contributed by atoms with Gasteiger partial charge < -0.3 is 9.15 Å². The van der Waals surface area contributed by atoms with Gasteiger partial charge in [-0.25, -0.2) is 0 Å². The van der Waals surface area contributed by atoms with Crippen LogP contribution < -0.4 is 10.2 Å². The second-order valence-corrected chi connectivity index (χ2v) is 9.35. The van der Waals surface area contributed by atoms with Gasteiger partial charge in [-0.1, -0.05) is 34.1 Å². The Kier molecular flexibility index (Phi) is 5.35. The second kappa shape index (κ2) is 8.06. The van der Waals surface area contributed by atoms with Gasteiger partial charge in [0.2, 0.25) is 11.2 Å². The van der Waals surface area contributed by atoms with Crippen molar-refractivity contribution in [2.75, 3.05) is 6.73 Å². The quantitative estimate of drug-likeness (QED) is 0.302. The maximum atomic E-state index is 14.0. The minimum atomic E-state index is -4.84. The fraction of sp³-hybridized carbons (Fsp3) is 0.174. The van der Waals surface area contributed by atoms with Crippen LogP contribution in [0.1, 0.15) is 16.2 Å². The van der Waals surface area contributed by atoms with E-state index in [1.807, 2.05) is 22.4 Å². The summed E-state index contributed by atoms with van der Waals surface area (Å²) in [5, 5.41) is 2.05. The first kappa shape index (κ1) is 21.2. The van der Waals surface area contributed by atoms with Crippen LogP contribution in [0.25, 0.3) is 22.1 Å². The van der Waals surface area contributed by atoms with Crippen LogP contribution in [0.4, 0.5) is 13.2 Å². The number of rotatable bonds is 3. The molecule has 9 heteroatoms. The first-order valence-corrected chi connectivity index (χ1v) is 11.3. The molecule has 0 amide bonds. The van der Waals surface area contributed by atoms with Gasteiger partial charge in [0.25, 0.3) is 0 Å². The van der Waals surface area contributed by atoms with Crippen LogP contribution in [0.2, 0.25) is 0 Å². The molecule has 0 spiro atoms. The summed E-state index contributed by atoms with van der Waals surface area (Å²) in [6.07, 6.45) is -4.84. The van der Waals surface area contributed by atoms with Gasteiger partial charge >= 0.3 is 6.18 Å². The van der Waals surface area contributed by atoms with Crippen molar-refractivity contribution in [3.63, 3.8) is 0 Å². The standard InChI is InChI=1S/C23H15BrF3NO3S/c24-14-5-3-13(4-6-14)19-20(29)16-7-8-18-17(21(16)31-22(19)23(25,26)27)11-28(12-30-18)10-15-2-1-9-32-15/h1-9H,10-12H2. The Balaban J connectivity index is 1.68. The van der Waals surface area contributed by atoms with Crippen LogP contribution in [0.15, 0.2) is 67.6 Å². The highest BCUT2D eigenvalue weighted by Crippen LogP contribution is 2.40. The Morgan fingerprint density at radius 1 is 1.09 bits per heavy atom. The lowest BCUT2D eigenvalue weighted by atomic mass is 10.00. The number of fused-ring (bicyclic) bond motifs is 3. The third-order valence-electron chi connectivity index (χ3n) is 5.25. The normalized spacial score (nSPS) is 14.4. The lowest BCUT2D eigenvalue weighted by molar-refractivity contribution is -0.152. The zero-order valence-corrected chi connectivity index (χ0v) is 18.8. The maximum absolute atomic E-state index is 14.0. The summed E-state index contributed by atoms with van der Waals surface area (Å²) >= 11 is 4.85. The van der Waals surface area contributed by atoms with Gasteiger partial charge in [0, 0.05) is 22.4 Å². The Morgan fingerprint density at radius 2 is 1.88 bits per heavy atom. The highest BCUT2D eigenvalue weighted by molar-refractivity contribution is 9.10. The van der Waals surface area contributed by atoms with E-state index in [0.29, 0.717) is 35.6 Å². The lowest BCUT2D eigenvalue weighted by Gasteiger charge is -2.29. The smallest absolute Gasteiger partial charge is 0.450 e. The van der Waals surface area contributed by atoms with Crippen molar-refractivity contribution >= 4 is 38.2 Å². The molecule has 0 fully saturated rings. The first-order valence-electron chi connectivity index (χ1n) is 9.64. The molecule has 0 unspecified atom stereocenters. The molecule has 0 radical (unpaired) electrons. The molecule has 4 nitrogen and oxygen atoms in total. The molecule has 164 valence electrons. The lowest BCUT2D eigenvalue weighted by Crippen LogP contribution is -2.31. The van der Waals surface area contributed by atoms with Gasteiger partial charge in [-0.3, -0.25) is 9.69 Å². The van der Waals surface area contributed by atoms with Crippen LogP contribution in [0.5, 0.6) is 5.75 Å². The molecule has 0 saturated carbocycles. The molecule has 32 heavy (non-hydrogen) atoms. The Hall–Kier alpha value is -2.62. The molecule has 0 aliphatic carbocycles. The van der Waals surface area contributed by atoms with Crippen LogP contribution >= 0.6 is 27.3 Å². The third-order valence-corrected chi connectivity index (χ3v) is 6.64. The van der Waals surface area contributed by atoms with E-state index in [4.69, 9.17) is 9.15 Å². The van der Waals surface area contributed by atoms with Crippen molar-refractivity contribution in [2.24, 2.45) is 0 Å². The molecule has 2 aromatic heterocycles. The molecule has 3 heterocycles. The fourth-order valence-corrected chi connectivity index (χ4v) is 4.82. The monoisotopic (exact) mass is 521 g/mol. The molecule has 0 saturated heterocycles. The van der Waals surface area contributed by atoms with Gasteiger partial charge in [0.05, 0.1) is 16.5 Å². The average Bonchev–Trinajstić information content (AvgIpc) is 3.26. The summed E-state index contributed by atoms with van der Waals surface area (Å²) in [7, 11) is 0. The summed E-state index contributed by atoms with van der Waals surface area (Å²) < 4.78 is 53.9. The highest BCUT2D eigenvalue weighted by Gasteiger charge is 2.40. The van der Waals surface area contributed by atoms with E-state index < -0.39 is 22.9 Å². The van der Waals surface area contributed by atoms with Crippen LogP contribution in [-0.4, -0.2) is 11.6 Å². The number of benzene rings is 2. The summed E-state index contributed by atoms with van der Waals surface area (Å²) in [5.74, 6) is -0.881. The van der Waals surface area contributed by atoms with Gasteiger partial charge in [-0.15, -0.1) is 11.3 Å². The van der Waals surface area contributed by atoms with Crippen LogP contribution in [0.3, 0.4) is 0 Å².